The van der Waals surface area contributed by atoms with E-state index in [2.05, 4.69) is 0 Å². The van der Waals surface area contributed by atoms with Crippen LogP contribution in [-0.2, 0) is 9.53 Å². The average Bonchev–Trinajstić information content (AvgIpc) is 2.42. The van der Waals surface area contributed by atoms with Crippen molar-refractivity contribution in [2.45, 2.75) is 59.1 Å². The van der Waals surface area contributed by atoms with Gasteiger partial charge < -0.3 is 20.3 Å². The highest BCUT2D eigenvalue weighted by molar-refractivity contribution is 5.81. The normalized spacial score (nSPS) is 20.5. The molecule has 1 aliphatic rings. The third-order valence-electron chi connectivity index (χ3n) is 3.73. The largest absolute Gasteiger partial charge is 0.444 e. The van der Waals surface area contributed by atoms with Crippen molar-refractivity contribution in [3.05, 3.63) is 0 Å². The van der Waals surface area contributed by atoms with Crippen LogP contribution in [0.25, 0.3) is 0 Å². The molecule has 0 aromatic rings. The zero-order valence-electron chi connectivity index (χ0n) is 14.6. The molecule has 0 aromatic heterocycles. The van der Waals surface area contributed by atoms with Gasteiger partial charge in [0.1, 0.15) is 5.60 Å². The second-order valence-electron chi connectivity index (χ2n) is 7.10. The number of hydrogen-bond acceptors (Lipinski definition) is 4. The zero-order valence-corrected chi connectivity index (χ0v) is 14.6. The van der Waals surface area contributed by atoms with Gasteiger partial charge in [-0.25, -0.2) is 4.79 Å². The number of amides is 2. The molecule has 1 rings (SSSR count). The molecular formula is C16H31N3O3. The van der Waals surface area contributed by atoms with Crippen LogP contribution in [0, 0.1) is 5.92 Å². The van der Waals surface area contributed by atoms with Crippen LogP contribution in [0.5, 0.6) is 0 Å². The summed E-state index contributed by atoms with van der Waals surface area (Å²) in [5.41, 5.74) is 5.19. The van der Waals surface area contributed by atoms with Gasteiger partial charge in [0.05, 0.1) is 6.04 Å². The van der Waals surface area contributed by atoms with Gasteiger partial charge in [-0.05, 0) is 53.4 Å². The average molecular weight is 313 g/mol. The van der Waals surface area contributed by atoms with Gasteiger partial charge in [0.25, 0.3) is 0 Å². The molecule has 2 N–H and O–H groups in total. The lowest BCUT2D eigenvalue weighted by molar-refractivity contribution is -0.134. The maximum atomic E-state index is 12.2. The predicted octanol–water partition coefficient (Wildman–Crippen LogP) is 1.83. The summed E-state index contributed by atoms with van der Waals surface area (Å²) in [7, 11) is 0. The lowest BCUT2D eigenvalue weighted by Crippen LogP contribution is -2.49. The molecule has 0 saturated carbocycles. The number of likely N-dealkylation sites (tertiary alicyclic amines) is 1. The molecule has 2 amide bonds. The fourth-order valence-corrected chi connectivity index (χ4v) is 2.67. The molecule has 2 atom stereocenters. The Bertz CT molecular complexity index is 391. The van der Waals surface area contributed by atoms with E-state index in [4.69, 9.17) is 10.5 Å². The van der Waals surface area contributed by atoms with Gasteiger partial charge in [0.2, 0.25) is 5.91 Å². The molecule has 0 unspecified atom stereocenters. The van der Waals surface area contributed by atoms with Gasteiger partial charge in [-0.2, -0.15) is 0 Å². The van der Waals surface area contributed by atoms with E-state index in [1.54, 1.807) is 11.8 Å². The Kier molecular flexibility index (Phi) is 6.66. The first-order valence-electron chi connectivity index (χ1n) is 8.16. The van der Waals surface area contributed by atoms with Crippen LogP contribution in [0.1, 0.15) is 47.5 Å². The van der Waals surface area contributed by atoms with Gasteiger partial charge in [-0.1, -0.05) is 0 Å². The number of carbonyl (C=O) groups excluding carboxylic acids is 2. The molecule has 128 valence electrons. The smallest absolute Gasteiger partial charge is 0.410 e. The Hall–Kier alpha value is -1.30. The van der Waals surface area contributed by atoms with Gasteiger partial charge in [-0.3, -0.25) is 4.79 Å². The number of nitrogens with zero attached hydrogens (tertiary/aromatic N) is 2. The second-order valence-corrected chi connectivity index (χ2v) is 7.10. The molecule has 1 fully saturated rings. The predicted molar refractivity (Wildman–Crippen MR) is 86.4 cm³/mol. The number of ether oxygens (including phenoxy) is 1. The highest BCUT2D eigenvalue weighted by atomic mass is 16.6. The van der Waals surface area contributed by atoms with E-state index in [0.29, 0.717) is 19.6 Å². The van der Waals surface area contributed by atoms with Crippen molar-refractivity contribution < 1.29 is 14.3 Å². The molecule has 6 nitrogen and oxygen atoms in total. The number of nitrogens with two attached hydrogens (primary N) is 1. The van der Waals surface area contributed by atoms with Crippen LogP contribution in [0.4, 0.5) is 4.79 Å². The van der Waals surface area contributed by atoms with Gasteiger partial charge in [0, 0.05) is 26.2 Å². The van der Waals surface area contributed by atoms with E-state index < -0.39 is 11.6 Å². The fourth-order valence-electron chi connectivity index (χ4n) is 2.67. The molecule has 1 aliphatic heterocycles. The van der Waals surface area contributed by atoms with Crippen LogP contribution in [0.15, 0.2) is 0 Å². The number of piperidine rings is 1. The molecule has 1 heterocycles. The molecule has 6 heteroatoms. The standard InChI is InChI=1S/C16H31N3O3/c1-6-18(15(21)22-16(3,4)5)10-13-8-7-9-19(11-13)14(20)12(2)17/h12-13H,6-11,17H2,1-5H3/t12-,13-/m0/s1. The van der Waals surface area contributed by atoms with Gasteiger partial charge >= 0.3 is 6.09 Å². The van der Waals surface area contributed by atoms with Crippen molar-refractivity contribution >= 4 is 12.0 Å². The van der Waals surface area contributed by atoms with Gasteiger partial charge in [-0.15, -0.1) is 0 Å². The minimum Gasteiger partial charge on any atom is -0.444 e. The van der Waals surface area contributed by atoms with Crippen LogP contribution in [0.2, 0.25) is 0 Å². The summed E-state index contributed by atoms with van der Waals surface area (Å²) in [5, 5.41) is 0. The molecule has 0 aromatic carbocycles. The van der Waals surface area contributed by atoms with Crippen LogP contribution >= 0.6 is 0 Å². The summed E-state index contributed by atoms with van der Waals surface area (Å²) >= 11 is 0. The maximum Gasteiger partial charge on any atom is 0.410 e. The fraction of sp³-hybridized carbons (Fsp3) is 0.875. The molecule has 22 heavy (non-hydrogen) atoms. The summed E-state index contributed by atoms with van der Waals surface area (Å²) in [6.07, 6.45) is 1.68. The molecule has 0 bridgehead atoms. The van der Waals surface area contributed by atoms with E-state index in [0.717, 1.165) is 19.4 Å². The molecule has 0 aliphatic carbocycles. The van der Waals surface area contributed by atoms with Crippen molar-refractivity contribution in [1.29, 1.82) is 0 Å². The third-order valence-corrected chi connectivity index (χ3v) is 3.73. The van der Waals surface area contributed by atoms with E-state index in [1.807, 2.05) is 32.6 Å². The van der Waals surface area contributed by atoms with E-state index in [9.17, 15) is 9.59 Å². The van der Waals surface area contributed by atoms with Gasteiger partial charge in [0.15, 0.2) is 0 Å². The van der Waals surface area contributed by atoms with Crippen molar-refractivity contribution in [3.63, 3.8) is 0 Å². The first kappa shape index (κ1) is 18.7. The number of carbonyl (C=O) groups is 2. The van der Waals surface area contributed by atoms with Crippen molar-refractivity contribution in [2.24, 2.45) is 11.7 Å². The minimum absolute atomic E-state index is 0.00924. The highest BCUT2D eigenvalue weighted by Gasteiger charge is 2.29. The Balaban J connectivity index is 2.59. The number of hydrogen-bond donors (Lipinski definition) is 1. The summed E-state index contributed by atoms with van der Waals surface area (Å²) in [5.74, 6) is 0.272. The Morgan fingerprint density at radius 3 is 2.55 bits per heavy atom. The SMILES string of the molecule is CCN(C[C@@H]1CCCN(C(=O)[C@H](C)N)C1)C(=O)OC(C)(C)C. The first-order valence-corrected chi connectivity index (χ1v) is 8.16. The molecule has 0 spiro atoms. The minimum atomic E-state index is -0.492. The second kappa shape index (κ2) is 7.81. The Labute approximate surface area is 134 Å². The lowest BCUT2D eigenvalue weighted by atomic mass is 9.97. The molecule has 1 saturated heterocycles. The summed E-state index contributed by atoms with van der Waals surface area (Å²) < 4.78 is 5.43. The summed E-state index contributed by atoms with van der Waals surface area (Å²) in [4.78, 5) is 27.7. The number of rotatable bonds is 4. The summed E-state index contributed by atoms with van der Waals surface area (Å²) in [6, 6.07) is -0.466. The maximum absolute atomic E-state index is 12.2. The van der Waals surface area contributed by atoms with Crippen molar-refractivity contribution in [2.75, 3.05) is 26.2 Å². The first-order chi connectivity index (χ1) is 10.1. The summed E-state index contributed by atoms with van der Waals surface area (Å²) in [6.45, 7) is 11.9. The van der Waals surface area contributed by atoms with E-state index in [-0.39, 0.29) is 17.9 Å². The van der Waals surface area contributed by atoms with E-state index in [1.165, 1.54) is 0 Å². The highest BCUT2D eigenvalue weighted by Crippen LogP contribution is 2.19. The van der Waals surface area contributed by atoms with Crippen molar-refractivity contribution in [3.8, 4) is 0 Å². The van der Waals surface area contributed by atoms with Crippen LogP contribution in [0.3, 0.4) is 0 Å². The Morgan fingerprint density at radius 2 is 2.05 bits per heavy atom. The molecule has 0 radical (unpaired) electrons. The zero-order chi connectivity index (χ0) is 16.9. The quantitative estimate of drug-likeness (QED) is 0.859. The molecular weight excluding hydrogens is 282 g/mol. The lowest BCUT2D eigenvalue weighted by Gasteiger charge is -2.36. The topological polar surface area (TPSA) is 75.9 Å². The third kappa shape index (κ3) is 5.83. The van der Waals surface area contributed by atoms with E-state index >= 15 is 0 Å². The van der Waals surface area contributed by atoms with Crippen molar-refractivity contribution in [1.82, 2.24) is 9.80 Å². The Morgan fingerprint density at radius 1 is 1.41 bits per heavy atom. The van der Waals surface area contributed by atoms with Crippen LogP contribution in [-0.4, -0.2) is 59.6 Å². The monoisotopic (exact) mass is 313 g/mol. The van der Waals surface area contributed by atoms with Crippen LogP contribution < -0.4 is 5.73 Å².